The van der Waals surface area contributed by atoms with E-state index in [1.165, 1.54) is 95.6 Å². The Morgan fingerprint density at radius 1 is 0.567 bits per heavy atom. The van der Waals surface area contributed by atoms with Gasteiger partial charge in [0.1, 0.15) is 23.1 Å². The van der Waals surface area contributed by atoms with Crippen molar-refractivity contribution in [2.75, 3.05) is 35.9 Å². The van der Waals surface area contributed by atoms with Crippen LogP contribution in [0, 0.1) is 11.6 Å². The van der Waals surface area contributed by atoms with Crippen LogP contribution in [0.25, 0.3) is 0 Å². The summed E-state index contributed by atoms with van der Waals surface area (Å²) in [6.07, 6.45) is 0.427. The fraction of sp³-hybridized carbons (Fsp3) is 0.196. The summed E-state index contributed by atoms with van der Waals surface area (Å²) in [4.78, 5) is 12.7. The number of benzene rings is 6. The zero-order chi connectivity index (χ0) is 43.1. The molecule has 0 saturated heterocycles. The number of anilines is 2. The fourth-order valence-corrected chi connectivity index (χ4v) is 9.16. The van der Waals surface area contributed by atoms with Gasteiger partial charge in [0.05, 0.1) is 41.5 Å². The van der Waals surface area contributed by atoms with Crippen LogP contribution in [0.15, 0.2) is 168 Å². The maximum atomic E-state index is 13.3. The summed E-state index contributed by atoms with van der Waals surface area (Å²) in [7, 11) is -4.60. The highest BCUT2D eigenvalue weighted by Crippen LogP contribution is 2.28. The number of nitrogens with zero attached hydrogens (tertiary/aromatic N) is 2. The van der Waals surface area contributed by atoms with Crippen LogP contribution in [0.2, 0.25) is 0 Å². The number of methoxy groups -OCH3 is 2. The lowest BCUT2D eigenvalue weighted by Gasteiger charge is -2.25. The Hall–Kier alpha value is -6.09. The molecule has 0 heterocycles. The summed E-state index contributed by atoms with van der Waals surface area (Å²) >= 11 is 0. The van der Waals surface area contributed by atoms with Crippen LogP contribution < -0.4 is 18.1 Å². The van der Waals surface area contributed by atoms with Crippen molar-refractivity contribution in [2.45, 2.75) is 41.6 Å². The van der Waals surface area contributed by atoms with Crippen LogP contribution in [-0.4, -0.2) is 55.0 Å². The van der Waals surface area contributed by atoms with E-state index in [0.717, 1.165) is 0 Å². The van der Waals surface area contributed by atoms with E-state index < -0.39 is 32.0 Å². The van der Waals surface area contributed by atoms with Crippen LogP contribution >= 0.6 is 0 Å². The number of hydrogen-bond donors (Lipinski definition) is 1. The van der Waals surface area contributed by atoms with Gasteiger partial charge in [-0.3, -0.25) is 13.4 Å². The minimum Gasteiger partial charge on any atom is -0.497 e. The molecular formula is C46H46F2N2O8S2. The lowest BCUT2D eigenvalue weighted by Crippen LogP contribution is -2.32. The molecule has 6 aromatic rings. The number of Topliss-reactive ketones (excluding diaryl/α,β-unsaturated/α-hetero) is 1. The van der Waals surface area contributed by atoms with E-state index in [1.807, 2.05) is 6.07 Å². The predicted octanol–water partition coefficient (Wildman–Crippen LogP) is 9.24. The molecule has 314 valence electrons. The molecule has 1 N–H and O–H groups in total. The van der Waals surface area contributed by atoms with Gasteiger partial charge < -0.3 is 14.6 Å². The number of rotatable bonds is 18. The van der Waals surface area contributed by atoms with E-state index in [4.69, 9.17) is 9.47 Å². The van der Waals surface area contributed by atoms with Gasteiger partial charge in [-0.05, 0) is 134 Å². The molecule has 0 aromatic heterocycles. The SMILES string of the molecule is COc1ccc(S(=O)(=O)N(CCCC(=O)c2ccc(F)cc2)c2ccccc2)cc1.COc1ccc(S(=O)(=O)N(CCCC(O)c2ccc(F)cc2)c2ccccc2)cc1. The Kier molecular flexibility index (Phi) is 15.9. The number of ether oxygens (including phenoxy) is 2. The Labute approximate surface area is 350 Å². The van der Waals surface area contributed by atoms with Crippen LogP contribution in [0.4, 0.5) is 20.2 Å². The molecular weight excluding hydrogens is 811 g/mol. The van der Waals surface area contributed by atoms with Gasteiger partial charge in [0.2, 0.25) is 0 Å². The number of carbonyl (C=O) groups is 1. The molecule has 10 nitrogen and oxygen atoms in total. The van der Waals surface area contributed by atoms with Crippen molar-refractivity contribution in [3.63, 3.8) is 0 Å². The lowest BCUT2D eigenvalue weighted by atomic mass is 10.0. The lowest BCUT2D eigenvalue weighted by molar-refractivity contribution is 0.0980. The zero-order valence-electron chi connectivity index (χ0n) is 33.1. The summed E-state index contributed by atoms with van der Waals surface area (Å²) in [6, 6.07) is 41.0. The molecule has 0 aliphatic carbocycles. The van der Waals surface area contributed by atoms with Crippen LogP contribution in [0.1, 0.15) is 47.7 Å². The molecule has 60 heavy (non-hydrogen) atoms. The number of halogens is 2. The minimum absolute atomic E-state index is 0.130. The van der Waals surface area contributed by atoms with Crippen LogP contribution in [0.3, 0.4) is 0 Å². The summed E-state index contributed by atoms with van der Waals surface area (Å²) < 4.78 is 92.1. The summed E-state index contributed by atoms with van der Waals surface area (Å²) in [5, 5.41) is 10.4. The molecule has 0 amide bonds. The van der Waals surface area contributed by atoms with Gasteiger partial charge in [-0.2, -0.15) is 0 Å². The average molecular weight is 857 g/mol. The molecule has 0 spiro atoms. The summed E-state index contributed by atoms with van der Waals surface area (Å²) in [6.45, 7) is 0.321. The first-order valence-electron chi connectivity index (χ1n) is 19.0. The highest BCUT2D eigenvalue weighted by molar-refractivity contribution is 7.93. The Morgan fingerprint density at radius 2 is 0.967 bits per heavy atom. The highest BCUT2D eigenvalue weighted by Gasteiger charge is 2.26. The third kappa shape index (κ3) is 12.0. The second-order valence-corrected chi connectivity index (χ2v) is 17.1. The van der Waals surface area contributed by atoms with Gasteiger partial charge in [-0.1, -0.05) is 48.5 Å². The largest absolute Gasteiger partial charge is 0.497 e. The van der Waals surface area contributed by atoms with Crippen LogP contribution in [0.5, 0.6) is 11.5 Å². The molecule has 0 radical (unpaired) electrons. The number of carbonyl (C=O) groups excluding carboxylic acids is 1. The number of para-hydroxylation sites is 2. The average Bonchev–Trinajstić information content (AvgIpc) is 3.27. The van der Waals surface area contributed by atoms with Gasteiger partial charge in [0.25, 0.3) is 20.0 Å². The molecule has 0 aliphatic rings. The molecule has 0 fully saturated rings. The molecule has 14 heteroatoms. The van der Waals surface area contributed by atoms with Crippen molar-refractivity contribution < 1.29 is 45.0 Å². The molecule has 6 aromatic carbocycles. The van der Waals surface area contributed by atoms with Crippen LogP contribution in [-0.2, 0) is 20.0 Å². The van der Waals surface area contributed by atoms with Gasteiger partial charge in [0.15, 0.2) is 5.78 Å². The number of ketones is 1. The monoisotopic (exact) mass is 856 g/mol. The molecule has 1 atom stereocenters. The number of aliphatic hydroxyl groups is 1. The summed E-state index contributed by atoms with van der Waals surface area (Å²) in [5.74, 6) is 0.191. The molecule has 0 aliphatic heterocycles. The minimum atomic E-state index is -3.83. The molecule has 1 unspecified atom stereocenters. The fourth-order valence-electron chi connectivity index (χ4n) is 6.16. The Balaban J connectivity index is 0.000000228. The third-order valence-corrected chi connectivity index (χ3v) is 13.1. The second-order valence-electron chi connectivity index (χ2n) is 13.4. The van der Waals surface area contributed by atoms with E-state index >= 15 is 0 Å². The van der Waals surface area contributed by atoms with E-state index in [2.05, 4.69) is 0 Å². The van der Waals surface area contributed by atoms with Gasteiger partial charge >= 0.3 is 0 Å². The number of aliphatic hydroxyl groups excluding tert-OH is 1. The first-order valence-corrected chi connectivity index (χ1v) is 21.9. The normalized spacial score (nSPS) is 11.8. The van der Waals surface area contributed by atoms with E-state index in [-0.39, 0.29) is 40.9 Å². The van der Waals surface area contributed by atoms with E-state index in [0.29, 0.717) is 53.3 Å². The van der Waals surface area contributed by atoms with Gasteiger partial charge in [-0.15, -0.1) is 0 Å². The predicted molar refractivity (Wildman–Crippen MR) is 228 cm³/mol. The topological polar surface area (TPSA) is 131 Å². The molecule has 0 saturated carbocycles. The second kappa shape index (κ2) is 21.3. The maximum absolute atomic E-state index is 13.3. The van der Waals surface area contributed by atoms with E-state index in [9.17, 15) is 35.5 Å². The molecule has 0 bridgehead atoms. The Morgan fingerprint density at radius 3 is 1.38 bits per heavy atom. The smallest absolute Gasteiger partial charge is 0.264 e. The van der Waals surface area contributed by atoms with Crippen molar-refractivity contribution in [1.29, 1.82) is 0 Å². The van der Waals surface area contributed by atoms with Crippen molar-refractivity contribution in [3.8, 4) is 11.5 Å². The van der Waals surface area contributed by atoms with Gasteiger partial charge in [0, 0.05) is 25.1 Å². The van der Waals surface area contributed by atoms with Crippen molar-refractivity contribution in [2.24, 2.45) is 0 Å². The molecule has 6 rings (SSSR count). The first kappa shape index (κ1) is 45.0. The maximum Gasteiger partial charge on any atom is 0.264 e. The Bertz CT molecular complexity index is 2480. The standard InChI is InChI=1S/C23H24FNO4S.C23H22FNO4S/c2*1-29-21-13-15-22(16-14-21)30(27,28)25(20-6-3-2-4-7-20)17-5-8-23(26)18-9-11-19(24)12-10-18/h2-4,6-7,9-16,23,26H,5,8,17H2,1H3;2-4,6-7,9-16H,5,8,17H2,1H3. The van der Waals surface area contributed by atoms with Gasteiger partial charge in [-0.25, -0.2) is 25.6 Å². The zero-order valence-corrected chi connectivity index (χ0v) is 34.7. The number of sulfonamides is 2. The first-order chi connectivity index (χ1) is 28.8. The van der Waals surface area contributed by atoms with Crippen molar-refractivity contribution in [1.82, 2.24) is 0 Å². The highest BCUT2D eigenvalue weighted by atomic mass is 32.2. The van der Waals surface area contributed by atoms with Crippen molar-refractivity contribution in [3.05, 3.63) is 180 Å². The number of hydrogen-bond acceptors (Lipinski definition) is 8. The van der Waals surface area contributed by atoms with E-state index in [1.54, 1.807) is 78.9 Å². The quantitative estimate of drug-likeness (QED) is 0.0848. The summed E-state index contributed by atoms with van der Waals surface area (Å²) in [5.41, 5.74) is 2.06. The van der Waals surface area contributed by atoms with Crippen molar-refractivity contribution >= 4 is 37.2 Å². The third-order valence-electron chi connectivity index (χ3n) is 9.41.